The van der Waals surface area contributed by atoms with Crippen LogP contribution in [0.2, 0.25) is 0 Å². The van der Waals surface area contributed by atoms with E-state index in [-0.39, 0.29) is 0 Å². The van der Waals surface area contributed by atoms with Crippen LogP contribution in [-0.4, -0.2) is 11.5 Å². The van der Waals surface area contributed by atoms with Crippen LogP contribution in [0.25, 0.3) is 4.91 Å². The summed E-state index contributed by atoms with van der Waals surface area (Å²) in [4.78, 5) is 3.15. The van der Waals surface area contributed by atoms with E-state index in [4.69, 9.17) is 0 Å². The maximum absolute atomic E-state index is 2.27. The molecular weight excluding hydrogens is 232 g/mol. The lowest BCUT2D eigenvalue weighted by Gasteiger charge is -2.19. The van der Waals surface area contributed by atoms with Crippen molar-refractivity contribution >= 4 is 28.4 Å². The molecule has 1 aromatic rings. The molecule has 0 atom stereocenters. The standard InChI is InChI=1S/C14H18S2/c1-2-3-9-13-14(16-11-10-15-13)12-7-5-4-6-8-12/h4-8H,2-3,9-11H2,1H3. The molecule has 86 valence electrons. The van der Waals surface area contributed by atoms with Crippen molar-refractivity contribution in [2.75, 3.05) is 11.5 Å². The molecule has 0 unspecified atom stereocenters. The molecule has 0 bridgehead atoms. The number of allylic oxidation sites excluding steroid dienone is 1. The molecule has 0 radical (unpaired) electrons. The van der Waals surface area contributed by atoms with Crippen molar-refractivity contribution in [2.45, 2.75) is 26.2 Å². The fourth-order valence-corrected chi connectivity index (χ4v) is 4.39. The van der Waals surface area contributed by atoms with E-state index < -0.39 is 0 Å². The van der Waals surface area contributed by atoms with Crippen molar-refractivity contribution in [1.82, 2.24) is 0 Å². The van der Waals surface area contributed by atoms with Crippen molar-refractivity contribution in [3.63, 3.8) is 0 Å². The smallest absolute Gasteiger partial charge is 0.0240 e. The molecule has 1 heterocycles. The van der Waals surface area contributed by atoms with Gasteiger partial charge in [0.15, 0.2) is 0 Å². The summed E-state index contributed by atoms with van der Waals surface area (Å²) in [5.74, 6) is 2.53. The fourth-order valence-electron chi connectivity index (χ4n) is 1.81. The van der Waals surface area contributed by atoms with Crippen molar-refractivity contribution in [1.29, 1.82) is 0 Å². The third-order valence-corrected chi connectivity index (χ3v) is 5.38. The van der Waals surface area contributed by atoms with Gasteiger partial charge < -0.3 is 0 Å². The lowest BCUT2D eigenvalue weighted by Crippen LogP contribution is -1.97. The normalized spacial score (nSPS) is 16.6. The molecule has 2 heteroatoms. The largest absolute Gasteiger partial charge is 0.129 e. The van der Waals surface area contributed by atoms with Crippen LogP contribution >= 0.6 is 23.5 Å². The second kappa shape index (κ2) is 6.41. The molecule has 0 aliphatic carbocycles. The Labute approximate surface area is 107 Å². The Balaban J connectivity index is 2.22. The van der Waals surface area contributed by atoms with Crippen molar-refractivity contribution in [3.8, 4) is 0 Å². The lowest BCUT2D eigenvalue weighted by atomic mass is 10.1. The monoisotopic (exact) mass is 250 g/mol. The second-order valence-corrected chi connectivity index (χ2v) is 6.21. The van der Waals surface area contributed by atoms with Crippen molar-refractivity contribution < 1.29 is 0 Å². The third kappa shape index (κ3) is 3.08. The lowest BCUT2D eigenvalue weighted by molar-refractivity contribution is 0.810. The van der Waals surface area contributed by atoms with Gasteiger partial charge in [-0.15, -0.1) is 23.5 Å². The molecule has 0 saturated carbocycles. The highest BCUT2D eigenvalue weighted by Crippen LogP contribution is 2.42. The first-order valence-corrected chi connectivity index (χ1v) is 7.93. The van der Waals surface area contributed by atoms with Crippen LogP contribution < -0.4 is 0 Å². The number of hydrogen-bond acceptors (Lipinski definition) is 2. The van der Waals surface area contributed by atoms with Gasteiger partial charge in [0.25, 0.3) is 0 Å². The number of unbranched alkanes of at least 4 members (excludes halogenated alkanes) is 1. The molecule has 1 aromatic carbocycles. The highest BCUT2D eigenvalue weighted by molar-refractivity contribution is 8.13. The molecule has 2 rings (SSSR count). The Kier molecular flexibility index (Phi) is 4.86. The third-order valence-electron chi connectivity index (χ3n) is 2.65. The Morgan fingerprint density at radius 2 is 1.81 bits per heavy atom. The Hall–Kier alpha value is -0.340. The van der Waals surface area contributed by atoms with E-state index in [1.54, 1.807) is 4.91 Å². The fraction of sp³-hybridized carbons (Fsp3) is 0.429. The highest BCUT2D eigenvalue weighted by atomic mass is 32.2. The quantitative estimate of drug-likeness (QED) is 0.735. The van der Waals surface area contributed by atoms with Gasteiger partial charge in [0.05, 0.1) is 0 Å². The average molecular weight is 250 g/mol. The minimum Gasteiger partial charge on any atom is -0.129 e. The van der Waals surface area contributed by atoms with Gasteiger partial charge in [0.2, 0.25) is 0 Å². The van der Waals surface area contributed by atoms with Crippen LogP contribution in [0, 0.1) is 0 Å². The van der Waals surface area contributed by atoms with Crippen LogP contribution in [0.1, 0.15) is 31.7 Å². The van der Waals surface area contributed by atoms with Gasteiger partial charge >= 0.3 is 0 Å². The first kappa shape index (κ1) is 12.1. The molecule has 1 aliphatic heterocycles. The molecule has 1 aliphatic rings. The van der Waals surface area contributed by atoms with Crippen LogP contribution in [-0.2, 0) is 0 Å². The Morgan fingerprint density at radius 3 is 2.56 bits per heavy atom. The van der Waals surface area contributed by atoms with Crippen LogP contribution in [0.3, 0.4) is 0 Å². The molecule has 0 saturated heterocycles. The zero-order valence-corrected chi connectivity index (χ0v) is 11.4. The number of thioether (sulfide) groups is 2. The molecule has 0 nitrogen and oxygen atoms in total. The average Bonchev–Trinajstić information content (AvgIpc) is 2.38. The SMILES string of the molecule is CCCCC1=C(c2ccccc2)SCCS1. The van der Waals surface area contributed by atoms with E-state index in [0.717, 1.165) is 0 Å². The summed E-state index contributed by atoms with van der Waals surface area (Å²) in [5, 5.41) is 0. The van der Waals surface area contributed by atoms with Crippen LogP contribution in [0.4, 0.5) is 0 Å². The van der Waals surface area contributed by atoms with E-state index in [9.17, 15) is 0 Å². The molecule has 16 heavy (non-hydrogen) atoms. The van der Waals surface area contributed by atoms with Gasteiger partial charge in [-0.05, 0) is 23.3 Å². The van der Waals surface area contributed by atoms with Crippen LogP contribution in [0.15, 0.2) is 35.2 Å². The minimum atomic E-state index is 1.25. The number of hydrogen-bond donors (Lipinski definition) is 0. The van der Waals surface area contributed by atoms with Gasteiger partial charge in [-0.2, -0.15) is 0 Å². The second-order valence-electron chi connectivity index (χ2n) is 3.92. The Bertz CT molecular complexity index is 354. The number of benzene rings is 1. The van der Waals surface area contributed by atoms with Crippen molar-refractivity contribution in [2.24, 2.45) is 0 Å². The zero-order chi connectivity index (χ0) is 11.2. The van der Waals surface area contributed by atoms with Gasteiger partial charge in [0, 0.05) is 16.4 Å². The van der Waals surface area contributed by atoms with Gasteiger partial charge in [-0.25, -0.2) is 0 Å². The van der Waals surface area contributed by atoms with Gasteiger partial charge in [0.1, 0.15) is 0 Å². The topological polar surface area (TPSA) is 0 Å². The van der Waals surface area contributed by atoms with Crippen molar-refractivity contribution in [3.05, 3.63) is 40.8 Å². The summed E-state index contributed by atoms with van der Waals surface area (Å²) in [6.07, 6.45) is 3.87. The van der Waals surface area contributed by atoms with Crippen LogP contribution in [0.5, 0.6) is 0 Å². The first-order valence-electron chi connectivity index (χ1n) is 5.96. The minimum absolute atomic E-state index is 1.25. The molecular formula is C14H18S2. The zero-order valence-electron chi connectivity index (χ0n) is 9.74. The molecule has 0 fully saturated rings. The van der Waals surface area contributed by atoms with E-state index in [2.05, 4.69) is 49.0 Å². The maximum atomic E-state index is 2.27. The predicted molar refractivity (Wildman–Crippen MR) is 77.8 cm³/mol. The summed E-state index contributed by atoms with van der Waals surface area (Å²) in [6, 6.07) is 10.8. The summed E-state index contributed by atoms with van der Waals surface area (Å²) in [5.41, 5.74) is 1.41. The highest BCUT2D eigenvalue weighted by Gasteiger charge is 2.14. The first-order chi connectivity index (χ1) is 7.92. The molecule has 0 amide bonds. The van der Waals surface area contributed by atoms with Gasteiger partial charge in [-0.3, -0.25) is 0 Å². The predicted octanol–water partition coefficient (Wildman–Crippen LogP) is 5.03. The molecule has 0 spiro atoms. The Morgan fingerprint density at radius 1 is 1.06 bits per heavy atom. The van der Waals surface area contributed by atoms with E-state index in [0.29, 0.717) is 0 Å². The van der Waals surface area contributed by atoms with E-state index >= 15 is 0 Å². The molecule has 0 N–H and O–H groups in total. The maximum Gasteiger partial charge on any atom is 0.0240 e. The van der Waals surface area contributed by atoms with E-state index in [1.807, 2.05) is 11.8 Å². The number of rotatable bonds is 4. The van der Waals surface area contributed by atoms with Gasteiger partial charge in [-0.1, -0.05) is 43.7 Å². The van der Waals surface area contributed by atoms with E-state index in [1.165, 1.54) is 41.2 Å². The summed E-state index contributed by atoms with van der Waals surface area (Å²) in [6.45, 7) is 2.27. The summed E-state index contributed by atoms with van der Waals surface area (Å²) >= 11 is 4.10. The summed E-state index contributed by atoms with van der Waals surface area (Å²) in [7, 11) is 0. The molecule has 0 aromatic heterocycles. The summed E-state index contributed by atoms with van der Waals surface area (Å²) < 4.78 is 0.